The fourth-order valence-corrected chi connectivity index (χ4v) is 1.84. The Morgan fingerprint density at radius 2 is 1.70 bits per heavy atom. The molecule has 2 nitrogen and oxygen atoms in total. The van der Waals surface area contributed by atoms with E-state index in [-0.39, 0.29) is 0 Å². The first-order valence-corrected chi connectivity index (χ1v) is 6.13. The second-order valence-electron chi connectivity index (χ2n) is 4.58. The van der Waals surface area contributed by atoms with Gasteiger partial charge in [0.15, 0.2) is 0 Å². The van der Waals surface area contributed by atoms with Crippen LogP contribution in [0.3, 0.4) is 0 Å². The predicted octanol–water partition coefficient (Wildman–Crippen LogP) is 4.21. The molecule has 0 radical (unpaired) electrons. The van der Waals surface area contributed by atoms with Gasteiger partial charge in [-0.2, -0.15) is 13.2 Å². The summed E-state index contributed by atoms with van der Waals surface area (Å²) in [7, 11) is 0. The maximum atomic E-state index is 12.4. The van der Waals surface area contributed by atoms with Crippen molar-refractivity contribution in [3.63, 3.8) is 0 Å². The van der Waals surface area contributed by atoms with Gasteiger partial charge in [-0.3, -0.25) is 0 Å². The number of alkyl halides is 3. The zero-order valence-electron chi connectivity index (χ0n) is 11.0. The van der Waals surface area contributed by atoms with Crippen LogP contribution < -0.4 is 11.1 Å². The minimum Gasteiger partial charge on any atom is -0.397 e. The molecule has 0 aliphatic carbocycles. The van der Waals surface area contributed by atoms with Gasteiger partial charge in [0.25, 0.3) is 0 Å². The van der Waals surface area contributed by atoms with Crippen LogP contribution in [-0.4, -0.2) is 0 Å². The van der Waals surface area contributed by atoms with Crippen molar-refractivity contribution in [3.8, 4) is 0 Å². The van der Waals surface area contributed by atoms with Gasteiger partial charge in [-0.15, -0.1) is 0 Å². The minimum absolute atomic E-state index is 0.422. The Morgan fingerprint density at radius 1 is 1.05 bits per heavy atom. The molecule has 2 aromatic rings. The molecule has 0 saturated heterocycles. The summed E-state index contributed by atoms with van der Waals surface area (Å²) in [5, 5.41) is 3.12. The predicted molar refractivity (Wildman–Crippen MR) is 74.4 cm³/mol. The Balaban J connectivity index is 2.06. The van der Waals surface area contributed by atoms with Crippen LogP contribution in [-0.2, 0) is 12.7 Å². The molecule has 106 valence electrons. The molecule has 0 aliphatic rings. The normalized spacial score (nSPS) is 11.4. The molecule has 0 fully saturated rings. The monoisotopic (exact) mass is 280 g/mol. The van der Waals surface area contributed by atoms with Crippen molar-refractivity contribution in [3.05, 3.63) is 59.2 Å². The third-order valence-corrected chi connectivity index (χ3v) is 3.09. The summed E-state index contributed by atoms with van der Waals surface area (Å²) < 4.78 is 37.3. The highest BCUT2D eigenvalue weighted by Crippen LogP contribution is 2.29. The van der Waals surface area contributed by atoms with E-state index in [9.17, 15) is 13.2 Å². The van der Waals surface area contributed by atoms with E-state index in [1.54, 1.807) is 0 Å². The van der Waals surface area contributed by atoms with E-state index >= 15 is 0 Å². The Hall–Kier alpha value is -2.17. The third kappa shape index (κ3) is 3.23. The number of anilines is 2. The summed E-state index contributed by atoms with van der Waals surface area (Å²) in [6, 6.07) is 10.7. The van der Waals surface area contributed by atoms with Crippen LogP contribution in [0.25, 0.3) is 0 Å². The number of hydrogen-bond acceptors (Lipinski definition) is 2. The molecule has 0 unspecified atom stereocenters. The van der Waals surface area contributed by atoms with E-state index in [0.717, 1.165) is 28.9 Å². The number of nitrogens with one attached hydrogen (secondary N) is 1. The van der Waals surface area contributed by atoms with Gasteiger partial charge >= 0.3 is 6.18 Å². The van der Waals surface area contributed by atoms with E-state index in [0.29, 0.717) is 12.2 Å². The number of nitrogens with two attached hydrogens (primary N) is 1. The van der Waals surface area contributed by atoms with Crippen LogP contribution in [0.4, 0.5) is 24.5 Å². The van der Waals surface area contributed by atoms with Gasteiger partial charge in [0.05, 0.1) is 16.9 Å². The third-order valence-electron chi connectivity index (χ3n) is 3.09. The van der Waals surface area contributed by atoms with Gasteiger partial charge in [-0.05, 0) is 36.2 Å². The van der Waals surface area contributed by atoms with E-state index in [1.807, 2.05) is 25.1 Å². The SMILES string of the molecule is Cc1cccc(NCc2ccc(C(F)(F)F)cc2)c1N. The molecule has 0 bridgehead atoms. The molecule has 20 heavy (non-hydrogen) atoms. The Labute approximate surface area is 115 Å². The molecule has 0 saturated carbocycles. The molecule has 3 N–H and O–H groups in total. The first-order chi connectivity index (χ1) is 9.38. The van der Waals surface area contributed by atoms with Crippen molar-refractivity contribution in [2.24, 2.45) is 0 Å². The maximum absolute atomic E-state index is 12.4. The quantitative estimate of drug-likeness (QED) is 0.827. The Morgan fingerprint density at radius 3 is 2.30 bits per heavy atom. The van der Waals surface area contributed by atoms with Crippen molar-refractivity contribution in [2.75, 3.05) is 11.1 Å². The molecule has 0 aliphatic heterocycles. The fourth-order valence-electron chi connectivity index (χ4n) is 1.84. The number of benzene rings is 2. The van der Waals surface area contributed by atoms with Gasteiger partial charge in [-0.25, -0.2) is 0 Å². The first-order valence-electron chi connectivity index (χ1n) is 6.13. The van der Waals surface area contributed by atoms with E-state index in [2.05, 4.69) is 5.32 Å². The van der Waals surface area contributed by atoms with Gasteiger partial charge in [-0.1, -0.05) is 24.3 Å². The van der Waals surface area contributed by atoms with E-state index in [1.165, 1.54) is 12.1 Å². The molecule has 5 heteroatoms. The van der Waals surface area contributed by atoms with Crippen molar-refractivity contribution in [2.45, 2.75) is 19.6 Å². The molecule has 2 rings (SSSR count). The average Bonchev–Trinajstić information content (AvgIpc) is 2.40. The van der Waals surface area contributed by atoms with Gasteiger partial charge in [0, 0.05) is 6.54 Å². The van der Waals surface area contributed by atoms with Crippen LogP contribution in [0, 0.1) is 6.92 Å². The highest BCUT2D eigenvalue weighted by molar-refractivity contribution is 5.69. The van der Waals surface area contributed by atoms with Crippen LogP contribution in [0.15, 0.2) is 42.5 Å². The van der Waals surface area contributed by atoms with Crippen molar-refractivity contribution >= 4 is 11.4 Å². The lowest BCUT2D eigenvalue weighted by Crippen LogP contribution is -2.06. The number of hydrogen-bond donors (Lipinski definition) is 2. The zero-order chi connectivity index (χ0) is 14.8. The second kappa shape index (κ2) is 5.45. The molecular formula is C15H15F3N2. The molecule has 0 heterocycles. The number of para-hydroxylation sites is 1. The summed E-state index contributed by atoms with van der Waals surface area (Å²) in [6.45, 7) is 2.32. The summed E-state index contributed by atoms with van der Waals surface area (Å²) >= 11 is 0. The van der Waals surface area contributed by atoms with Crippen LogP contribution in [0.1, 0.15) is 16.7 Å². The topological polar surface area (TPSA) is 38.0 Å². The molecule has 0 amide bonds. The van der Waals surface area contributed by atoms with E-state index in [4.69, 9.17) is 5.73 Å². The lowest BCUT2D eigenvalue weighted by atomic mass is 10.1. The largest absolute Gasteiger partial charge is 0.416 e. The maximum Gasteiger partial charge on any atom is 0.416 e. The van der Waals surface area contributed by atoms with Crippen molar-refractivity contribution in [1.82, 2.24) is 0 Å². The molecule has 0 spiro atoms. The Bertz CT molecular complexity index is 589. The number of nitrogen functional groups attached to an aromatic ring is 1. The summed E-state index contributed by atoms with van der Waals surface area (Å²) in [6.07, 6.45) is -4.30. The lowest BCUT2D eigenvalue weighted by Gasteiger charge is -2.12. The number of halogens is 3. The number of rotatable bonds is 3. The van der Waals surface area contributed by atoms with Crippen molar-refractivity contribution < 1.29 is 13.2 Å². The van der Waals surface area contributed by atoms with Gasteiger partial charge in [0.1, 0.15) is 0 Å². The van der Waals surface area contributed by atoms with Crippen LogP contribution >= 0.6 is 0 Å². The summed E-state index contributed by atoms with van der Waals surface area (Å²) in [5.41, 5.74) is 8.43. The van der Waals surface area contributed by atoms with Gasteiger partial charge < -0.3 is 11.1 Å². The van der Waals surface area contributed by atoms with Crippen molar-refractivity contribution in [1.29, 1.82) is 0 Å². The van der Waals surface area contributed by atoms with E-state index < -0.39 is 11.7 Å². The summed E-state index contributed by atoms with van der Waals surface area (Å²) in [4.78, 5) is 0. The average molecular weight is 280 g/mol. The second-order valence-corrected chi connectivity index (χ2v) is 4.58. The molecular weight excluding hydrogens is 265 g/mol. The molecule has 0 aromatic heterocycles. The zero-order valence-corrected chi connectivity index (χ0v) is 11.0. The standard InChI is InChI=1S/C15H15F3N2/c1-10-3-2-4-13(14(10)19)20-9-11-5-7-12(8-6-11)15(16,17)18/h2-8,20H,9,19H2,1H3. The fraction of sp³-hybridized carbons (Fsp3) is 0.200. The Kier molecular flexibility index (Phi) is 3.88. The van der Waals surface area contributed by atoms with Crippen LogP contribution in [0.2, 0.25) is 0 Å². The highest BCUT2D eigenvalue weighted by Gasteiger charge is 2.29. The summed E-state index contributed by atoms with van der Waals surface area (Å²) in [5.74, 6) is 0. The van der Waals surface area contributed by atoms with Gasteiger partial charge in [0.2, 0.25) is 0 Å². The number of aryl methyl sites for hydroxylation is 1. The molecule has 2 aromatic carbocycles. The molecule has 0 atom stereocenters. The smallest absolute Gasteiger partial charge is 0.397 e. The minimum atomic E-state index is -4.30. The first kappa shape index (κ1) is 14.2. The highest BCUT2D eigenvalue weighted by atomic mass is 19.4. The lowest BCUT2D eigenvalue weighted by molar-refractivity contribution is -0.137. The van der Waals surface area contributed by atoms with Crippen LogP contribution in [0.5, 0.6) is 0 Å².